The Labute approximate surface area is 169 Å². The summed E-state index contributed by atoms with van der Waals surface area (Å²) in [5.74, 6) is -1.20. The fourth-order valence-electron chi connectivity index (χ4n) is 3.53. The summed E-state index contributed by atoms with van der Waals surface area (Å²) >= 11 is 0. The first-order valence-electron chi connectivity index (χ1n) is 9.22. The molecule has 0 aliphatic carbocycles. The summed E-state index contributed by atoms with van der Waals surface area (Å²) in [6, 6.07) is 21.0. The van der Waals surface area contributed by atoms with Gasteiger partial charge < -0.3 is 22.3 Å². The number of hydrogen-bond acceptors (Lipinski definition) is 3. The summed E-state index contributed by atoms with van der Waals surface area (Å²) in [4.78, 5) is 15.6. The van der Waals surface area contributed by atoms with E-state index in [0.29, 0.717) is 11.4 Å². The number of carboxylic acid groups (broad SMARTS) is 1. The largest absolute Gasteiger partial charge is 0.481 e. The van der Waals surface area contributed by atoms with Crippen LogP contribution in [0.25, 0.3) is 11.1 Å². The van der Waals surface area contributed by atoms with Crippen LogP contribution in [-0.2, 0) is 4.79 Å². The van der Waals surface area contributed by atoms with Crippen LogP contribution in [-0.4, -0.2) is 17.0 Å². The van der Waals surface area contributed by atoms with Gasteiger partial charge in [-0.1, -0.05) is 54.6 Å². The second kappa shape index (κ2) is 8.48. The standard InChI is InChI=1S/C23H24N4O2/c1-14-18(16-8-5-9-17(12-16)27-23(25)26)10-11-19(22(14)24)20(13-21(28)29)15-6-3-2-4-7-15/h2-12,20H,13,24H2,1H3,(H,28,29)(H4,25,26,27). The van der Waals surface area contributed by atoms with Crippen molar-refractivity contribution < 1.29 is 9.90 Å². The van der Waals surface area contributed by atoms with Crippen molar-refractivity contribution in [1.82, 2.24) is 0 Å². The van der Waals surface area contributed by atoms with E-state index in [9.17, 15) is 9.90 Å². The van der Waals surface area contributed by atoms with Crippen molar-refractivity contribution in [3.8, 4) is 11.1 Å². The number of benzene rings is 3. The number of aliphatic imine (C=N–C) groups is 1. The molecular weight excluding hydrogens is 364 g/mol. The van der Waals surface area contributed by atoms with E-state index in [2.05, 4.69) is 4.99 Å². The molecule has 0 fully saturated rings. The van der Waals surface area contributed by atoms with E-state index in [-0.39, 0.29) is 18.3 Å². The SMILES string of the molecule is Cc1c(-c2cccc(N=C(N)N)c2)ccc(C(CC(=O)O)c2ccccc2)c1N. The van der Waals surface area contributed by atoms with Crippen LogP contribution in [0.3, 0.4) is 0 Å². The van der Waals surface area contributed by atoms with E-state index in [1.54, 1.807) is 0 Å². The number of nitrogens with zero attached hydrogens (tertiary/aromatic N) is 1. The van der Waals surface area contributed by atoms with Gasteiger partial charge in [0.2, 0.25) is 0 Å². The second-order valence-electron chi connectivity index (χ2n) is 6.89. The van der Waals surface area contributed by atoms with Gasteiger partial charge in [-0.05, 0) is 46.9 Å². The molecular formula is C23H24N4O2. The smallest absolute Gasteiger partial charge is 0.304 e. The van der Waals surface area contributed by atoms with Gasteiger partial charge in [-0.2, -0.15) is 0 Å². The van der Waals surface area contributed by atoms with Crippen LogP contribution in [0, 0.1) is 6.92 Å². The summed E-state index contributed by atoms with van der Waals surface area (Å²) in [6.45, 7) is 1.93. The molecule has 0 aliphatic rings. The number of nitrogens with two attached hydrogens (primary N) is 3. The van der Waals surface area contributed by atoms with Gasteiger partial charge in [0.1, 0.15) is 0 Å². The maximum absolute atomic E-state index is 11.5. The Morgan fingerprint density at radius 1 is 1.03 bits per heavy atom. The molecule has 0 bridgehead atoms. The Kier molecular flexibility index (Phi) is 5.83. The quantitative estimate of drug-likeness (QED) is 0.290. The molecule has 0 amide bonds. The van der Waals surface area contributed by atoms with Gasteiger partial charge in [0.05, 0.1) is 12.1 Å². The molecule has 0 saturated heterocycles. The first kappa shape index (κ1) is 19.9. The summed E-state index contributed by atoms with van der Waals surface area (Å²) in [5, 5.41) is 9.43. The van der Waals surface area contributed by atoms with Gasteiger partial charge in [0.25, 0.3) is 0 Å². The zero-order valence-corrected chi connectivity index (χ0v) is 16.2. The molecule has 148 valence electrons. The van der Waals surface area contributed by atoms with E-state index in [4.69, 9.17) is 17.2 Å². The van der Waals surface area contributed by atoms with Gasteiger partial charge in [-0.25, -0.2) is 4.99 Å². The van der Waals surface area contributed by atoms with E-state index in [1.807, 2.05) is 73.7 Å². The number of nitrogen functional groups attached to an aromatic ring is 1. The molecule has 7 N–H and O–H groups in total. The van der Waals surface area contributed by atoms with Crippen molar-refractivity contribution in [3.63, 3.8) is 0 Å². The number of hydrogen-bond donors (Lipinski definition) is 4. The lowest BCUT2D eigenvalue weighted by Gasteiger charge is -2.21. The van der Waals surface area contributed by atoms with Gasteiger partial charge in [-0.3, -0.25) is 4.79 Å². The molecule has 1 atom stereocenters. The van der Waals surface area contributed by atoms with E-state index in [1.165, 1.54) is 0 Å². The minimum atomic E-state index is -0.870. The zero-order chi connectivity index (χ0) is 21.0. The van der Waals surface area contributed by atoms with E-state index < -0.39 is 5.97 Å². The van der Waals surface area contributed by atoms with Crippen LogP contribution in [0.15, 0.2) is 71.7 Å². The van der Waals surface area contributed by atoms with Crippen LogP contribution in [0.4, 0.5) is 11.4 Å². The summed E-state index contributed by atoms with van der Waals surface area (Å²) in [5.41, 5.74) is 23.2. The topological polar surface area (TPSA) is 128 Å². The number of guanidine groups is 1. The Morgan fingerprint density at radius 2 is 1.76 bits per heavy atom. The first-order valence-corrected chi connectivity index (χ1v) is 9.22. The monoisotopic (exact) mass is 388 g/mol. The predicted octanol–water partition coefficient (Wildman–Crippen LogP) is 3.76. The van der Waals surface area contributed by atoms with Crippen molar-refractivity contribution in [1.29, 1.82) is 0 Å². The molecule has 29 heavy (non-hydrogen) atoms. The molecule has 0 aliphatic heterocycles. The average Bonchev–Trinajstić information content (AvgIpc) is 2.69. The number of rotatable bonds is 6. The number of carboxylic acids is 1. The third-order valence-electron chi connectivity index (χ3n) is 4.92. The highest BCUT2D eigenvalue weighted by molar-refractivity contribution is 5.81. The van der Waals surface area contributed by atoms with Crippen LogP contribution >= 0.6 is 0 Å². The third-order valence-corrected chi connectivity index (χ3v) is 4.92. The minimum absolute atomic E-state index is 0.00638. The molecule has 0 aromatic heterocycles. The molecule has 1 unspecified atom stereocenters. The van der Waals surface area contributed by atoms with Crippen LogP contribution in [0.1, 0.15) is 29.0 Å². The normalized spacial score (nSPS) is 11.6. The van der Waals surface area contributed by atoms with Gasteiger partial charge in [0, 0.05) is 11.6 Å². The molecule has 0 saturated carbocycles. The lowest BCUT2D eigenvalue weighted by atomic mass is 9.84. The summed E-state index contributed by atoms with van der Waals surface area (Å²) in [6.07, 6.45) is -0.0347. The van der Waals surface area contributed by atoms with Gasteiger partial charge >= 0.3 is 5.97 Å². The summed E-state index contributed by atoms with van der Waals surface area (Å²) < 4.78 is 0. The molecule has 0 spiro atoms. The Morgan fingerprint density at radius 3 is 2.41 bits per heavy atom. The third kappa shape index (κ3) is 4.55. The molecule has 6 nitrogen and oxygen atoms in total. The van der Waals surface area contributed by atoms with Gasteiger partial charge in [0.15, 0.2) is 5.96 Å². The second-order valence-corrected chi connectivity index (χ2v) is 6.89. The first-order chi connectivity index (χ1) is 13.9. The Bertz CT molecular complexity index is 1060. The maximum Gasteiger partial charge on any atom is 0.304 e. The predicted molar refractivity (Wildman–Crippen MR) is 117 cm³/mol. The van der Waals surface area contributed by atoms with Crippen molar-refractivity contribution in [2.75, 3.05) is 5.73 Å². The molecule has 3 rings (SSSR count). The van der Waals surface area contributed by atoms with Crippen molar-refractivity contribution >= 4 is 23.3 Å². The van der Waals surface area contributed by atoms with E-state index >= 15 is 0 Å². The van der Waals surface area contributed by atoms with Crippen LogP contribution in [0.5, 0.6) is 0 Å². The Balaban J connectivity index is 2.07. The number of anilines is 1. The lowest BCUT2D eigenvalue weighted by molar-refractivity contribution is -0.137. The molecule has 6 heteroatoms. The fourth-order valence-corrected chi connectivity index (χ4v) is 3.53. The van der Waals surface area contributed by atoms with Crippen LogP contribution < -0.4 is 17.2 Å². The lowest BCUT2D eigenvalue weighted by Crippen LogP contribution is -2.21. The fraction of sp³-hybridized carbons (Fsp3) is 0.130. The van der Waals surface area contributed by atoms with Crippen molar-refractivity contribution in [2.45, 2.75) is 19.3 Å². The molecule has 0 heterocycles. The molecule has 3 aromatic rings. The zero-order valence-electron chi connectivity index (χ0n) is 16.2. The van der Waals surface area contributed by atoms with E-state index in [0.717, 1.165) is 27.8 Å². The number of carbonyl (C=O) groups is 1. The van der Waals surface area contributed by atoms with Gasteiger partial charge in [-0.15, -0.1) is 0 Å². The summed E-state index contributed by atoms with van der Waals surface area (Å²) in [7, 11) is 0. The maximum atomic E-state index is 11.5. The molecule has 3 aromatic carbocycles. The minimum Gasteiger partial charge on any atom is -0.481 e. The van der Waals surface area contributed by atoms with Crippen molar-refractivity contribution in [2.24, 2.45) is 16.5 Å². The Hall–Kier alpha value is -3.80. The highest BCUT2D eigenvalue weighted by atomic mass is 16.4. The van der Waals surface area contributed by atoms with Crippen LogP contribution in [0.2, 0.25) is 0 Å². The highest BCUT2D eigenvalue weighted by Gasteiger charge is 2.22. The van der Waals surface area contributed by atoms with Crippen molar-refractivity contribution in [3.05, 3.63) is 83.4 Å². The average molecular weight is 388 g/mol. The molecule has 0 radical (unpaired) electrons. The highest BCUT2D eigenvalue weighted by Crippen LogP contribution is 2.38. The number of aliphatic carboxylic acids is 1.